The lowest BCUT2D eigenvalue weighted by molar-refractivity contribution is 0.0724. The molecule has 5 heteroatoms. The average Bonchev–Trinajstić information content (AvgIpc) is 2.67. The molecule has 0 atom stereocenters. The first-order chi connectivity index (χ1) is 14.7. The van der Waals surface area contributed by atoms with Crippen molar-refractivity contribution in [2.45, 2.75) is 65.7 Å². The van der Waals surface area contributed by atoms with Crippen molar-refractivity contribution >= 4 is 21.9 Å². The number of esters is 1. The number of halogens is 1. The molecule has 174 valence electrons. The summed E-state index contributed by atoms with van der Waals surface area (Å²) in [7, 11) is 3.20. The third-order valence-corrected chi connectivity index (χ3v) is 5.97. The van der Waals surface area contributed by atoms with E-state index in [1.807, 2.05) is 25.1 Å². The summed E-state index contributed by atoms with van der Waals surface area (Å²) in [6, 6.07) is 7.55. The Morgan fingerprint density at radius 3 is 1.91 bits per heavy atom. The Kier molecular flexibility index (Phi) is 7.87. The van der Waals surface area contributed by atoms with Gasteiger partial charge in [-0.05, 0) is 54.0 Å². The number of carbonyl (C=O) groups is 1. The van der Waals surface area contributed by atoms with E-state index in [0.29, 0.717) is 23.5 Å². The third-order valence-electron chi connectivity index (χ3n) is 5.23. The second kappa shape index (κ2) is 9.70. The van der Waals surface area contributed by atoms with Crippen LogP contribution in [-0.2, 0) is 17.3 Å². The van der Waals surface area contributed by atoms with Crippen LogP contribution >= 0.6 is 15.9 Å². The quantitative estimate of drug-likeness (QED) is 0.234. The second-order valence-corrected chi connectivity index (χ2v) is 11.0. The van der Waals surface area contributed by atoms with Crippen molar-refractivity contribution in [3.63, 3.8) is 0 Å². The zero-order chi connectivity index (χ0) is 24.4. The SMILES string of the molecule is C=C(C)Cc1c(Br)ccc(OC)c1C(=O)Oc1c(C(C)(C)C)cc(OC)cc1C(C)(C)C. The number of rotatable bonds is 6. The maximum absolute atomic E-state index is 13.7. The molecule has 0 aliphatic carbocycles. The normalized spacial score (nSPS) is 11.8. The Morgan fingerprint density at radius 2 is 1.50 bits per heavy atom. The van der Waals surface area contributed by atoms with Gasteiger partial charge in [0.05, 0.1) is 14.2 Å². The molecule has 2 aromatic carbocycles. The number of methoxy groups -OCH3 is 2. The van der Waals surface area contributed by atoms with Gasteiger partial charge >= 0.3 is 5.97 Å². The van der Waals surface area contributed by atoms with Crippen molar-refractivity contribution in [3.8, 4) is 17.2 Å². The average molecular weight is 503 g/mol. The van der Waals surface area contributed by atoms with Crippen LogP contribution in [0.3, 0.4) is 0 Å². The lowest BCUT2D eigenvalue weighted by Crippen LogP contribution is -2.23. The van der Waals surface area contributed by atoms with E-state index >= 15 is 0 Å². The summed E-state index contributed by atoms with van der Waals surface area (Å²) in [6.45, 7) is 18.5. The van der Waals surface area contributed by atoms with Gasteiger partial charge in [-0.3, -0.25) is 0 Å². The fourth-order valence-electron chi connectivity index (χ4n) is 3.56. The lowest BCUT2D eigenvalue weighted by atomic mass is 9.79. The van der Waals surface area contributed by atoms with Gasteiger partial charge in [-0.15, -0.1) is 0 Å². The van der Waals surface area contributed by atoms with Crippen LogP contribution in [0.2, 0.25) is 0 Å². The number of carbonyl (C=O) groups excluding carboxylic acids is 1. The van der Waals surface area contributed by atoms with Crippen molar-refractivity contribution in [1.29, 1.82) is 0 Å². The van der Waals surface area contributed by atoms with Crippen LogP contribution in [0.5, 0.6) is 17.2 Å². The van der Waals surface area contributed by atoms with E-state index in [-0.39, 0.29) is 10.8 Å². The molecule has 4 nitrogen and oxygen atoms in total. The minimum atomic E-state index is -0.458. The van der Waals surface area contributed by atoms with E-state index in [1.165, 1.54) is 0 Å². The molecule has 0 unspecified atom stereocenters. The van der Waals surface area contributed by atoms with E-state index in [1.54, 1.807) is 20.3 Å². The molecule has 2 aromatic rings. The van der Waals surface area contributed by atoms with Crippen LogP contribution in [0.15, 0.2) is 40.9 Å². The van der Waals surface area contributed by atoms with Crippen LogP contribution in [0.25, 0.3) is 0 Å². The number of benzene rings is 2. The largest absolute Gasteiger partial charge is 0.497 e. The predicted octanol–water partition coefficient (Wildman–Crippen LogP) is 7.40. The molecule has 0 aromatic heterocycles. The molecule has 0 radical (unpaired) electrons. The lowest BCUT2D eigenvalue weighted by Gasteiger charge is -2.30. The molecule has 0 bridgehead atoms. The molecule has 0 N–H and O–H groups in total. The summed E-state index contributed by atoms with van der Waals surface area (Å²) in [4.78, 5) is 13.7. The first-order valence-electron chi connectivity index (χ1n) is 10.7. The molecule has 0 saturated heterocycles. The van der Waals surface area contributed by atoms with Gasteiger partial charge in [0.25, 0.3) is 0 Å². The minimum Gasteiger partial charge on any atom is -0.497 e. The predicted molar refractivity (Wildman–Crippen MR) is 135 cm³/mol. The summed E-state index contributed by atoms with van der Waals surface area (Å²) in [5, 5.41) is 0. The van der Waals surface area contributed by atoms with Crippen LogP contribution in [0.1, 0.15) is 75.5 Å². The van der Waals surface area contributed by atoms with Crippen molar-refractivity contribution in [2.75, 3.05) is 14.2 Å². The van der Waals surface area contributed by atoms with Gasteiger partial charge in [-0.25, -0.2) is 4.79 Å². The van der Waals surface area contributed by atoms with E-state index in [4.69, 9.17) is 14.2 Å². The molecule has 0 heterocycles. The summed E-state index contributed by atoms with van der Waals surface area (Å²) in [5.74, 6) is 1.32. The monoisotopic (exact) mass is 502 g/mol. The fraction of sp³-hybridized carbons (Fsp3) is 0.444. The van der Waals surface area contributed by atoms with Gasteiger partial charge in [-0.1, -0.05) is 69.6 Å². The zero-order valence-corrected chi connectivity index (χ0v) is 22.3. The van der Waals surface area contributed by atoms with E-state index in [2.05, 4.69) is 64.1 Å². The molecular formula is C27H35BrO4. The molecule has 0 amide bonds. The van der Waals surface area contributed by atoms with Crippen molar-refractivity contribution < 1.29 is 19.0 Å². The molecule has 0 fully saturated rings. The summed E-state index contributed by atoms with van der Waals surface area (Å²) < 4.78 is 18.1. The highest BCUT2D eigenvalue weighted by molar-refractivity contribution is 9.10. The first-order valence-corrected chi connectivity index (χ1v) is 11.4. The van der Waals surface area contributed by atoms with Gasteiger partial charge in [0, 0.05) is 15.6 Å². The van der Waals surface area contributed by atoms with Gasteiger partial charge in [0.15, 0.2) is 0 Å². The molecular weight excluding hydrogens is 468 g/mol. The third kappa shape index (κ3) is 5.74. The highest BCUT2D eigenvalue weighted by atomic mass is 79.9. The van der Waals surface area contributed by atoms with Crippen molar-refractivity contribution in [1.82, 2.24) is 0 Å². The molecule has 2 rings (SSSR count). The smallest absolute Gasteiger partial charge is 0.347 e. The molecule has 0 saturated carbocycles. The Balaban J connectivity index is 2.76. The van der Waals surface area contributed by atoms with Crippen molar-refractivity contribution in [2.24, 2.45) is 0 Å². The zero-order valence-electron chi connectivity index (χ0n) is 20.7. The van der Waals surface area contributed by atoms with Crippen molar-refractivity contribution in [3.05, 3.63) is 63.1 Å². The highest BCUT2D eigenvalue weighted by Crippen LogP contribution is 2.43. The molecule has 0 aliphatic rings. The maximum atomic E-state index is 13.7. The Hall–Kier alpha value is -2.27. The summed E-state index contributed by atoms with van der Waals surface area (Å²) in [5.41, 5.74) is 3.41. The Bertz CT molecular complexity index is 988. The number of allylic oxidation sites excluding steroid dienone is 1. The Labute approximate surface area is 201 Å². The van der Waals surface area contributed by atoms with Crippen LogP contribution in [-0.4, -0.2) is 20.2 Å². The molecule has 32 heavy (non-hydrogen) atoms. The van der Waals surface area contributed by atoms with E-state index in [9.17, 15) is 4.79 Å². The standard InChI is InChI=1S/C27H35BrO4/c1-16(2)13-18-21(28)11-12-22(31-10)23(18)25(29)32-24-19(26(3,4)5)14-17(30-9)15-20(24)27(6,7)8/h11-12,14-15H,1,13H2,2-10H3. The van der Waals surface area contributed by atoms with Crippen LogP contribution in [0, 0.1) is 0 Å². The number of hydrogen-bond donors (Lipinski definition) is 0. The molecule has 0 aliphatic heterocycles. The Morgan fingerprint density at radius 1 is 0.969 bits per heavy atom. The summed E-state index contributed by atoms with van der Waals surface area (Å²) in [6.07, 6.45) is 0.531. The second-order valence-electron chi connectivity index (χ2n) is 10.2. The van der Waals surface area contributed by atoms with Crippen LogP contribution in [0.4, 0.5) is 0 Å². The van der Waals surface area contributed by atoms with Gasteiger partial charge < -0.3 is 14.2 Å². The van der Waals surface area contributed by atoms with E-state index < -0.39 is 5.97 Å². The van der Waals surface area contributed by atoms with Crippen LogP contribution < -0.4 is 14.2 Å². The number of ether oxygens (including phenoxy) is 3. The van der Waals surface area contributed by atoms with Gasteiger partial charge in [-0.2, -0.15) is 0 Å². The number of hydrogen-bond acceptors (Lipinski definition) is 4. The van der Waals surface area contributed by atoms with Gasteiger partial charge in [0.1, 0.15) is 22.8 Å². The highest BCUT2D eigenvalue weighted by Gasteiger charge is 2.31. The fourth-order valence-corrected chi connectivity index (χ4v) is 4.03. The molecule has 0 spiro atoms. The maximum Gasteiger partial charge on any atom is 0.347 e. The van der Waals surface area contributed by atoms with E-state index in [0.717, 1.165) is 32.5 Å². The topological polar surface area (TPSA) is 44.8 Å². The minimum absolute atomic E-state index is 0.272. The first kappa shape index (κ1) is 26.0. The van der Waals surface area contributed by atoms with Gasteiger partial charge in [0.2, 0.25) is 0 Å². The summed E-state index contributed by atoms with van der Waals surface area (Å²) >= 11 is 3.58.